The molecule has 0 radical (unpaired) electrons. The van der Waals surface area contributed by atoms with Crippen LogP contribution in [0.5, 0.6) is 0 Å². The van der Waals surface area contributed by atoms with Crippen molar-refractivity contribution in [3.63, 3.8) is 0 Å². The Balaban J connectivity index is 1.98. The minimum Gasteiger partial charge on any atom is -0.370 e. The molecule has 0 aliphatic carbocycles. The van der Waals surface area contributed by atoms with Crippen LogP contribution in [0.3, 0.4) is 0 Å². The van der Waals surface area contributed by atoms with Gasteiger partial charge in [0, 0.05) is 10.6 Å². The molecule has 0 saturated heterocycles. The SMILES string of the molecule is NOC(=O)c1ccc(Cl)c(-c2ccc(-c3ccccc3)cc2)c1. The molecule has 2 N–H and O–H groups in total. The number of carbonyl (C=O) groups is 1. The summed E-state index contributed by atoms with van der Waals surface area (Å²) in [6, 6.07) is 23.0. The first-order chi connectivity index (χ1) is 11.2. The van der Waals surface area contributed by atoms with Gasteiger partial charge in [-0.25, -0.2) is 4.79 Å². The molecule has 3 nitrogen and oxygen atoms in total. The average molecular weight is 324 g/mol. The van der Waals surface area contributed by atoms with E-state index in [0.717, 1.165) is 22.3 Å². The predicted octanol–water partition coefficient (Wildman–Crippen LogP) is 4.70. The van der Waals surface area contributed by atoms with Crippen molar-refractivity contribution >= 4 is 17.6 Å². The van der Waals surface area contributed by atoms with Gasteiger partial charge in [-0.05, 0) is 34.9 Å². The van der Waals surface area contributed by atoms with E-state index in [1.54, 1.807) is 18.2 Å². The molecule has 0 saturated carbocycles. The molecule has 0 atom stereocenters. The van der Waals surface area contributed by atoms with Crippen molar-refractivity contribution in [2.24, 2.45) is 5.90 Å². The maximum atomic E-state index is 11.6. The average Bonchev–Trinajstić information content (AvgIpc) is 2.62. The Labute approximate surface area is 139 Å². The molecule has 0 amide bonds. The Morgan fingerprint density at radius 2 is 1.43 bits per heavy atom. The van der Waals surface area contributed by atoms with Crippen molar-refractivity contribution in [1.29, 1.82) is 0 Å². The molecule has 3 rings (SSSR count). The Kier molecular flexibility index (Phi) is 4.42. The molecule has 0 spiro atoms. The van der Waals surface area contributed by atoms with Crippen molar-refractivity contribution in [3.05, 3.63) is 83.4 Å². The van der Waals surface area contributed by atoms with Crippen LogP contribution in [-0.4, -0.2) is 5.97 Å². The zero-order valence-electron chi connectivity index (χ0n) is 12.2. The Hall–Kier alpha value is -2.62. The Morgan fingerprint density at radius 3 is 2.09 bits per heavy atom. The van der Waals surface area contributed by atoms with Gasteiger partial charge in [-0.1, -0.05) is 66.2 Å². The highest BCUT2D eigenvalue weighted by Gasteiger charge is 2.11. The second-order valence-corrected chi connectivity index (χ2v) is 5.45. The van der Waals surface area contributed by atoms with Gasteiger partial charge in [0.2, 0.25) is 0 Å². The van der Waals surface area contributed by atoms with Crippen LogP contribution in [-0.2, 0) is 4.84 Å². The van der Waals surface area contributed by atoms with E-state index in [4.69, 9.17) is 17.5 Å². The van der Waals surface area contributed by atoms with Gasteiger partial charge in [0.1, 0.15) is 0 Å². The zero-order chi connectivity index (χ0) is 16.2. The molecule has 23 heavy (non-hydrogen) atoms. The number of hydrogen-bond donors (Lipinski definition) is 1. The number of carbonyl (C=O) groups excluding carboxylic acids is 1. The molecule has 0 fully saturated rings. The van der Waals surface area contributed by atoms with E-state index in [9.17, 15) is 4.79 Å². The van der Waals surface area contributed by atoms with Crippen LogP contribution >= 0.6 is 11.6 Å². The van der Waals surface area contributed by atoms with Gasteiger partial charge in [-0.15, -0.1) is 0 Å². The van der Waals surface area contributed by atoms with E-state index in [1.807, 2.05) is 42.5 Å². The summed E-state index contributed by atoms with van der Waals surface area (Å²) in [4.78, 5) is 15.8. The van der Waals surface area contributed by atoms with Crippen LogP contribution < -0.4 is 5.90 Å². The topological polar surface area (TPSA) is 52.3 Å². The summed E-state index contributed by atoms with van der Waals surface area (Å²) in [7, 11) is 0. The largest absolute Gasteiger partial charge is 0.370 e. The molecule has 0 unspecified atom stereocenters. The highest BCUT2D eigenvalue weighted by molar-refractivity contribution is 6.33. The molecule has 3 aromatic rings. The van der Waals surface area contributed by atoms with E-state index in [0.29, 0.717) is 10.6 Å². The quantitative estimate of drug-likeness (QED) is 0.710. The summed E-state index contributed by atoms with van der Waals surface area (Å²) in [6.45, 7) is 0. The molecule has 0 aliphatic rings. The first kappa shape index (κ1) is 15.3. The molecule has 0 aliphatic heterocycles. The van der Waals surface area contributed by atoms with Gasteiger partial charge in [-0.2, -0.15) is 5.90 Å². The summed E-state index contributed by atoms with van der Waals surface area (Å²) in [5.41, 5.74) is 4.29. The van der Waals surface area contributed by atoms with Crippen molar-refractivity contribution in [3.8, 4) is 22.3 Å². The maximum Gasteiger partial charge on any atom is 0.356 e. The molecular formula is C19H14ClNO2. The Bertz CT molecular complexity index is 830. The molecule has 0 heterocycles. The fourth-order valence-electron chi connectivity index (χ4n) is 2.41. The van der Waals surface area contributed by atoms with Gasteiger partial charge >= 0.3 is 5.97 Å². The highest BCUT2D eigenvalue weighted by Crippen LogP contribution is 2.31. The second-order valence-electron chi connectivity index (χ2n) is 5.04. The van der Waals surface area contributed by atoms with E-state index < -0.39 is 5.97 Å². The van der Waals surface area contributed by atoms with Crippen molar-refractivity contribution in [2.45, 2.75) is 0 Å². The van der Waals surface area contributed by atoms with Crippen molar-refractivity contribution in [1.82, 2.24) is 0 Å². The van der Waals surface area contributed by atoms with Crippen LogP contribution in [0.15, 0.2) is 72.8 Å². The number of halogens is 1. The lowest BCUT2D eigenvalue weighted by Gasteiger charge is -2.08. The normalized spacial score (nSPS) is 10.3. The smallest absolute Gasteiger partial charge is 0.356 e. The van der Waals surface area contributed by atoms with Crippen LogP contribution in [0.4, 0.5) is 0 Å². The third-order valence-corrected chi connectivity index (χ3v) is 3.94. The highest BCUT2D eigenvalue weighted by atomic mass is 35.5. The fraction of sp³-hybridized carbons (Fsp3) is 0. The number of rotatable bonds is 3. The minimum absolute atomic E-state index is 0.360. The summed E-state index contributed by atoms with van der Waals surface area (Å²) < 4.78 is 0. The number of hydrogen-bond acceptors (Lipinski definition) is 3. The first-order valence-corrected chi connectivity index (χ1v) is 7.43. The van der Waals surface area contributed by atoms with E-state index in [2.05, 4.69) is 17.0 Å². The minimum atomic E-state index is -0.594. The van der Waals surface area contributed by atoms with Gasteiger partial charge < -0.3 is 4.84 Å². The van der Waals surface area contributed by atoms with Crippen LogP contribution in [0.2, 0.25) is 5.02 Å². The van der Waals surface area contributed by atoms with Crippen LogP contribution in [0, 0.1) is 0 Å². The van der Waals surface area contributed by atoms with Gasteiger partial charge in [0.25, 0.3) is 0 Å². The standard InChI is InChI=1S/C19H14ClNO2/c20-18-11-10-16(19(22)23-21)12-17(18)15-8-6-14(7-9-15)13-4-2-1-3-5-13/h1-12H,21H2. The maximum absolute atomic E-state index is 11.6. The third kappa shape index (κ3) is 3.26. The number of benzene rings is 3. The van der Waals surface area contributed by atoms with E-state index >= 15 is 0 Å². The van der Waals surface area contributed by atoms with Crippen LogP contribution in [0.1, 0.15) is 10.4 Å². The summed E-state index contributed by atoms with van der Waals surface area (Å²) in [6.07, 6.45) is 0. The zero-order valence-corrected chi connectivity index (χ0v) is 13.0. The molecular weight excluding hydrogens is 310 g/mol. The summed E-state index contributed by atoms with van der Waals surface area (Å²) in [5, 5.41) is 0.561. The molecule has 0 aromatic heterocycles. The molecule has 0 bridgehead atoms. The first-order valence-electron chi connectivity index (χ1n) is 7.05. The molecule has 3 aromatic carbocycles. The van der Waals surface area contributed by atoms with Crippen molar-refractivity contribution < 1.29 is 9.63 Å². The summed E-state index contributed by atoms with van der Waals surface area (Å²) in [5.74, 6) is 4.34. The predicted molar refractivity (Wildman–Crippen MR) is 91.9 cm³/mol. The van der Waals surface area contributed by atoms with E-state index in [-0.39, 0.29) is 0 Å². The van der Waals surface area contributed by atoms with Crippen molar-refractivity contribution in [2.75, 3.05) is 0 Å². The van der Waals surface area contributed by atoms with Gasteiger partial charge in [0.05, 0.1) is 5.56 Å². The Morgan fingerprint density at radius 1 is 0.826 bits per heavy atom. The van der Waals surface area contributed by atoms with Gasteiger partial charge in [0.15, 0.2) is 0 Å². The molecule has 114 valence electrons. The number of nitrogens with two attached hydrogens (primary N) is 1. The lowest BCUT2D eigenvalue weighted by atomic mass is 9.99. The van der Waals surface area contributed by atoms with Gasteiger partial charge in [-0.3, -0.25) is 0 Å². The monoisotopic (exact) mass is 323 g/mol. The molecule has 4 heteroatoms. The third-order valence-electron chi connectivity index (χ3n) is 3.61. The van der Waals surface area contributed by atoms with E-state index in [1.165, 1.54) is 0 Å². The lowest BCUT2D eigenvalue weighted by Crippen LogP contribution is -2.10. The second kappa shape index (κ2) is 6.65. The lowest BCUT2D eigenvalue weighted by molar-refractivity contribution is 0.0503. The fourth-order valence-corrected chi connectivity index (χ4v) is 2.64. The summed E-state index contributed by atoms with van der Waals surface area (Å²) >= 11 is 6.25. The van der Waals surface area contributed by atoms with Crippen LogP contribution in [0.25, 0.3) is 22.3 Å².